The van der Waals surface area contributed by atoms with Crippen molar-refractivity contribution in [1.82, 2.24) is 4.90 Å². The van der Waals surface area contributed by atoms with E-state index in [-0.39, 0.29) is 12.0 Å². The lowest BCUT2D eigenvalue weighted by Crippen LogP contribution is -2.38. The molecule has 104 valence electrons. The van der Waals surface area contributed by atoms with Crippen LogP contribution in [0.15, 0.2) is 30.3 Å². The molecule has 1 aromatic carbocycles. The average Bonchev–Trinajstić information content (AvgIpc) is 2.36. The van der Waals surface area contributed by atoms with E-state index < -0.39 is 0 Å². The molecule has 1 fully saturated rings. The summed E-state index contributed by atoms with van der Waals surface area (Å²) in [4.78, 5) is 13.9. The van der Waals surface area contributed by atoms with Crippen molar-refractivity contribution in [2.75, 3.05) is 25.5 Å². The third-order valence-electron chi connectivity index (χ3n) is 3.56. The molecule has 1 aliphatic carbocycles. The number of aliphatic hydroxyl groups is 1. The third kappa shape index (κ3) is 4.65. The fourth-order valence-corrected chi connectivity index (χ4v) is 2.42. The van der Waals surface area contributed by atoms with Gasteiger partial charge in [0.2, 0.25) is 5.91 Å². The molecule has 0 aromatic heterocycles. The van der Waals surface area contributed by atoms with E-state index in [1.807, 2.05) is 37.4 Å². The van der Waals surface area contributed by atoms with E-state index in [0.29, 0.717) is 12.3 Å². The molecule has 1 amide bonds. The normalized spacial score (nSPS) is 22.1. The van der Waals surface area contributed by atoms with Gasteiger partial charge in [-0.1, -0.05) is 18.2 Å². The minimum Gasteiger partial charge on any atom is -0.393 e. The number of carbonyl (C=O) groups is 1. The first-order chi connectivity index (χ1) is 9.13. The lowest BCUT2D eigenvalue weighted by atomic mass is 9.82. The number of benzene rings is 1. The molecule has 1 saturated carbocycles. The van der Waals surface area contributed by atoms with Crippen molar-refractivity contribution in [3.63, 3.8) is 0 Å². The number of hydrogen-bond acceptors (Lipinski definition) is 3. The Morgan fingerprint density at radius 2 is 2.05 bits per heavy atom. The molecule has 0 aliphatic heterocycles. The number of hydrogen-bond donors (Lipinski definition) is 2. The molecular weight excluding hydrogens is 240 g/mol. The van der Waals surface area contributed by atoms with Gasteiger partial charge >= 0.3 is 0 Å². The number of carbonyl (C=O) groups excluding carboxylic acids is 1. The largest absolute Gasteiger partial charge is 0.393 e. The maximum atomic E-state index is 11.8. The molecule has 1 aromatic rings. The quantitative estimate of drug-likeness (QED) is 0.820. The number of nitrogens with one attached hydrogen (secondary N) is 1. The Kier molecular flexibility index (Phi) is 4.93. The maximum absolute atomic E-state index is 11.8. The van der Waals surface area contributed by atoms with E-state index in [1.54, 1.807) is 0 Å². The van der Waals surface area contributed by atoms with Gasteiger partial charge in [0.05, 0.1) is 6.10 Å². The highest BCUT2D eigenvalue weighted by Gasteiger charge is 2.27. The molecule has 0 unspecified atom stereocenters. The van der Waals surface area contributed by atoms with Crippen LogP contribution in [-0.2, 0) is 4.79 Å². The summed E-state index contributed by atoms with van der Waals surface area (Å²) in [6.45, 7) is 1.72. The summed E-state index contributed by atoms with van der Waals surface area (Å²) < 4.78 is 0. The van der Waals surface area contributed by atoms with Gasteiger partial charge in [-0.15, -0.1) is 0 Å². The Labute approximate surface area is 114 Å². The monoisotopic (exact) mass is 262 g/mol. The van der Waals surface area contributed by atoms with E-state index in [2.05, 4.69) is 10.2 Å². The van der Waals surface area contributed by atoms with E-state index in [9.17, 15) is 9.90 Å². The van der Waals surface area contributed by atoms with E-state index in [4.69, 9.17) is 0 Å². The summed E-state index contributed by atoms with van der Waals surface area (Å²) in [6, 6.07) is 9.51. The van der Waals surface area contributed by atoms with Crippen molar-refractivity contribution >= 4 is 11.6 Å². The molecule has 19 heavy (non-hydrogen) atoms. The molecule has 1 aliphatic rings. The molecule has 0 saturated heterocycles. The molecule has 2 N–H and O–H groups in total. The summed E-state index contributed by atoms with van der Waals surface area (Å²) in [5, 5.41) is 12.1. The van der Waals surface area contributed by atoms with Crippen molar-refractivity contribution in [3.05, 3.63) is 30.3 Å². The average molecular weight is 262 g/mol. The highest BCUT2D eigenvalue weighted by atomic mass is 16.3. The van der Waals surface area contributed by atoms with Crippen LogP contribution in [0.2, 0.25) is 0 Å². The topological polar surface area (TPSA) is 52.6 Å². The Morgan fingerprint density at radius 3 is 2.68 bits per heavy atom. The van der Waals surface area contributed by atoms with Crippen LogP contribution >= 0.6 is 0 Å². The van der Waals surface area contributed by atoms with Crippen LogP contribution in [0.25, 0.3) is 0 Å². The first kappa shape index (κ1) is 14.0. The second-order valence-corrected chi connectivity index (χ2v) is 5.42. The van der Waals surface area contributed by atoms with Gasteiger partial charge in [-0.2, -0.15) is 0 Å². The van der Waals surface area contributed by atoms with E-state index in [0.717, 1.165) is 31.6 Å². The van der Waals surface area contributed by atoms with Crippen LogP contribution in [0.3, 0.4) is 0 Å². The Balaban J connectivity index is 1.63. The highest BCUT2D eigenvalue weighted by Crippen LogP contribution is 2.27. The van der Waals surface area contributed by atoms with Gasteiger partial charge in [0.1, 0.15) is 0 Å². The predicted molar refractivity (Wildman–Crippen MR) is 75.9 cm³/mol. The van der Waals surface area contributed by atoms with Crippen molar-refractivity contribution < 1.29 is 9.90 Å². The molecule has 4 nitrogen and oxygen atoms in total. The van der Waals surface area contributed by atoms with Crippen LogP contribution < -0.4 is 5.32 Å². The maximum Gasteiger partial charge on any atom is 0.225 e. The van der Waals surface area contributed by atoms with Gasteiger partial charge in [-0.25, -0.2) is 0 Å². The molecule has 0 heterocycles. The molecule has 4 heteroatoms. The van der Waals surface area contributed by atoms with Gasteiger partial charge in [0, 0.05) is 25.2 Å². The summed E-state index contributed by atoms with van der Waals surface area (Å²) in [6.07, 6.45) is 2.21. The van der Waals surface area contributed by atoms with Crippen LogP contribution in [0.1, 0.15) is 19.3 Å². The van der Waals surface area contributed by atoms with Gasteiger partial charge in [0.25, 0.3) is 0 Å². The number of amides is 1. The number of rotatable bonds is 6. The SMILES string of the molecule is CN(CCC(=O)Nc1ccccc1)CC1CC(O)C1. The fourth-order valence-electron chi connectivity index (χ4n) is 2.42. The zero-order valence-corrected chi connectivity index (χ0v) is 11.4. The molecule has 0 atom stereocenters. The Morgan fingerprint density at radius 1 is 1.37 bits per heavy atom. The summed E-state index contributed by atoms with van der Waals surface area (Å²) in [5.74, 6) is 0.642. The first-order valence-corrected chi connectivity index (χ1v) is 6.85. The summed E-state index contributed by atoms with van der Waals surface area (Å²) in [5.41, 5.74) is 0.845. The number of anilines is 1. The molecule has 0 spiro atoms. The number of nitrogens with zero attached hydrogens (tertiary/aromatic N) is 1. The molecule has 0 radical (unpaired) electrons. The minimum absolute atomic E-state index is 0.0479. The van der Waals surface area contributed by atoms with Gasteiger partial charge < -0.3 is 15.3 Å². The summed E-state index contributed by atoms with van der Waals surface area (Å²) in [7, 11) is 2.03. The van der Waals surface area contributed by atoms with Gasteiger partial charge in [-0.3, -0.25) is 4.79 Å². The van der Waals surface area contributed by atoms with E-state index >= 15 is 0 Å². The fraction of sp³-hybridized carbons (Fsp3) is 0.533. The highest BCUT2D eigenvalue weighted by molar-refractivity contribution is 5.90. The van der Waals surface area contributed by atoms with Crippen molar-refractivity contribution in [2.45, 2.75) is 25.4 Å². The van der Waals surface area contributed by atoms with Crippen LogP contribution in [0, 0.1) is 5.92 Å². The molecule has 2 rings (SSSR count). The number of para-hydroxylation sites is 1. The predicted octanol–water partition coefficient (Wildman–Crippen LogP) is 1.72. The second-order valence-electron chi connectivity index (χ2n) is 5.42. The Hall–Kier alpha value is -1.39. The van der Waals surface area contributed by atoms with Crippen molar-refractivity contribution in [3.8, 4) is 0 Å². The molecule has 0 bridgehead atoms. The lowest BCUT2D eigenvalue weighted by Gasteiger charge is -2.34. The second kappa shape index (κ2) is 6.68. The summed E-state index contributed by atoms with van der Waals surface area (Å²) >= 11 is 0. The zero-order valence-electron chi connectivity index (χ0n) is 11.4. The van der Waals surface area contributed by atoms with Gasteiger partial charge in [-0.05, 0) is 37.9 Å². The smallest absolute Gasteiger partial charge is 0.225 e. The van der Waals surface area contributed by atoms with Crippen molar-refractivity contribution in [1.29, 1.82) is 0 Å². The minimum atomic E-state index is -0.0974. The molecular formula is C15H22N2O2. The lowest BCUT2D eigenvalue weighted by molar-refractivity contribution is -0.116. The first-order valence-electron chi connectivity index (χ1n) is 6.85. The third-order valence-corrected chi connectivity index (χ3v) is 3.56. The zero-order chi connectivity index (χ0) is 13.7. The van der Waals surface area contributed by atoms with Crippen LogP contribution in [0.5, 0.6) is 0 Å². The van der Waals surface area contributed by atoms with Crippen LogP contribution in [0.4, 0.5) is 5.69 Å². The number of aliphatic hydroxyl groups excluding tert-OH is 1. The standard InChI is InChI=1S/C15H22N2O2/c1-17(11-12-9-14(18)10-12)8-7-15(19)16-13-5-3-2-4-6-13/h2-6,12,14,18H,7-11H2,1H3,(H,16,19). The van der Waals surface area contributed by atoms with Gasteiger partial charge in [0.15, 0.2) is 0 Å². The van der Waals surface area contributed by atoms with E-state index in [1.165, 1.54) is 0 Å². The van der Waals surface area contributed by atoms with Crippen molar-refractivity contribution in [2.24, 2.45) is 5.92 Å². The van der Waals surface area contributed by atoms with Crippen LogP contribution in [-0.4, -0.2) is 42.2 Å². The Bertz CT molecular complexity index is 402.